The highest BCUT2D eigenvalue weighted by molar-refractivity contribution is 5.89. The standard InChI is InChI=1S/C14H18O3/c1-16-13-9-5-6-11(10-13)14(15)17-12-7-3-2-4-8-12/h5-6,9-10,12H,2-4,7-8H2,1H3. The molecule has 0 N–H and O–H groups in total. The van der Waals surface area contributed by atoms with Gasteiger partial charge in [0.1, 0.15) is 11.9 Å². The molecule has 2 rings (SSSR count). The van der Waals surface area contributed by atoms with Crippen LogP contribution in [0.15, 0.2) is 24.3 Å². The van der Waals surface area contributed by atoms with E-state index in [4.69, 9.17) is 9.47 Å². The van der Waals surface area contributed by atoms with Gasteiger partial charge in [0.05, 0.1) is 12.7 Å². The lowest BCUT2D eigenvalue weighted by Gasteiger charge is -2.21. The normalized spacial score (nSPS) is 16.5. The molecular weight excluding hydrogens is 216 g/mol. The van der Waals surface area contributed by atoms with E-state index >= 15 is 0 Å². The summed E-state index contributed by atoms with van der Waals surface area (Å²) in [5.74, 6) is 0.443. The number of carbonyl (C=O) groups is 1. The second-order valence-electron chi connectivity index (χ2n) is 4.40. The van der Waals surface area contributed by atoms with Crippen LogP contribution in [0.5, 0.6) is 5.75 Å². The highest BCUT2D eigenvalue weighted by Gasteiger charge is 2.18. The summed E-state index contributed by atoms with van der Waals surface area (Å²) in [5.41, 5.74) is 0.565. The molecule has 0 aliphatic heterocycles. The molecule has 0 saturated heterocycles. The Hall–Kier alpha value is -1.51. The molecule has 0 unspecified atom stereocenters. The van der Waals surface area contributed by atoms with E-state index in [-0.39, 0.29) is 12.1 Å². The first-order chi connectivity index (χ1) is 8.29. The van der Waals surface area contributed by atoms with Gasteiger partial charge < -0.3 is 9.47 Å². The van der Waals surface area contributed by atoms with Crippen LogP contribution < -0.4 is 4.74 Å². The van der Waals surface area contributed by atoms with Gasteiger partial charge in [-0.1, -0.05) is 12.5 Å². The van der Waals surface area contributed by atoms with Gasteiger partial charge in [-0.15, -0.1) is 0 Å². The van der Waals surface area contributed by atoms with Crippen molar-refractivity contribution < 1.29 is 14.3 Å². The van der Waals surface area contributed by atoms with Gasteiger partial charge in [0.15, 0.2) is 0 Å². The molecule has 0 spiro atoms. The molecule has 0 atom stereocenters. The van der Waals surface area contributed by atoms with E-state index in [9.17, 15) is 4.79 Å². The number of ether oxygens (including phenoxy) is 2. The SMILES string of the molecule is COc1cccc(C(=O)OC2CCCCC2)c1. The molecule has 0 amide bonds. The van der Waals surface area contributed by atoms with E-state index in [1.165, 1.54) is 6.42 Å². The quantitative estimate of drug-likeness (QED) is 0.753. The van der Waals surface area contributed by atoms with Crippen LogP contribution >= 0.6 is 0 Å². The van der Waals surface area contributed by atoms with Crippen LogP contribution in [0.1, 0.15) is 42.5 Å². The van der Waals surface area contributed by atoms with Crippen LogP contribution in [0.25, 0.3) is 0 Å². The fourth-order valence-corrected chi connectivity index (χ4v) is 2.15. The Morgan fingerprint density at radius 1 is 1.24 bits per heavy atom. The van der Waals surface area contributed by atoms with Crippen molar-refractivity contribution in [3.63, 3.8) is 0 Å². The maximum atomic E-state index is 11.9. The first kappa shape index (κ1) is 12.0. The Balaban J connectivity index is 1.98. The van der Waals surface area contributed by atoms with Crippen molar-refractivity contribution in [2.24, 2.45) is 0 Å². The summed E-state index contributed by atoms with van der Waals surface area (Å²) in [6.45, 7) is 0. The predicted octanol–water partition coefficient (Wildman–Crippen LogP) is 3.18. The molecule has 17 heavy (non-hydrogen) atoms. The van der Waals surface area contributed by atoms with Crippen LogP contribution in [0.2, 0.25) is 0 Å². The Bertz CT molecular complexity index is 381. The lowest BCUT2D eigenvalue weighted by atomic mass is 9.98. The monoisotopic (exact) mass is 234 g/mol. The molecule has 1 fully saturated rings. The summed E-state index contributed by atoms with van der Waals surface area (Å²) in [4.78, 5) is 11.9. The number of rotatable bonds is 3. The first-order valence-corrected chi connectivity index (χ1v) is 6.14. The third-order valence-electron chi connectivity index (χ3n) is 3.13. The van der Waals surface area contributed by atoms with E-state index in [0.717, 1.165) is 25.7 Å². The third kappa shape index (κ3) is 3.22. The molecule has 1 saturated carbocycles. The lowest BCUT2D eigenvalue weighted by molar-refractivity contribution is 0.0211. The fraction of sp³-hybridized carbons (Fsp3) is 0.500. The van der Waals surface area contributed by atoms with Crippen LogP contribution in [0.4, 0.5) is 0 Å². The Kier molecular flexibility index (Phi) is 4.02. The van der Waals surface area contributed by atoms with E-state index < -0.39 is 0 Å². The number of esters is 1. The zero-order valence-corrected chi connectivity index (χ0v) is 10.1. The Morgan fingerprint density at radius 3 is 2.71 bits per heavy atom. The lowest BCUT2D eigenvalue weighted by Crippen LogP contribution is -2.20. The van der Waals surface area contributed by atoms with Crippen LogP contribution in [-0.2, 0) is 4.74 Å². The number of carbonyl (C=O) groups excluding carboxylic acids is 1. The minimum Gasteiger partial charge on any atom is -0.497 e. The van der Waals surface area contributed by atoms with E-state index in [2.05, 4.69) is 0 Å². The highest BCUT2D eigenvalue weighted by Crippen LogP contribution is 2.22. The van der Waals surface area contributed by atoms with Crippen molar-refractivity contribution in [1.29, 1.82) is 0 Å². The molecule has 92 valence electrons. The number of methoxy groups -OCH3 is 1. The fourth-order valence-electron chi connectivity index (χ4n) is 2.15. The van der Waals surface area contributed by atoms with Gasteiger partial charge in [-0.05, 0) is 43.9 Å². The highest BCUT2D eigenvalue weighted by atomic mass is 16.5. The van der Waals surface area contributed by atoms with E-state index in [0.29, 0.717) is 11.3 Å². The third-order valence-corrected chi connectivity index (χ3v) is 3.13. The van der Waals surface area contributed by atoms with Gasteiger partial charge in [-0.25, -0.2) is 4.79 Å². The minimum absolute atomic E-state index is 0.0995. The molecule has 1 aliphatic rings. The molecule has 0 bridgehead atoms. The summed E-state index contributed by atoms with van der Waals surface area (Å²) in [5, 5.41) is 0. The second-order valence-corrected chi connectivity index (χ2v) is 4.40. The summed E-state index contributed by atoms with van der Waals surface area (Å²) in [7, 11) is 1.59. The van der Waals surface area contributed by atoms with Gasteiger partial charge in [-0.3, -0.25) is 0 Å². The smallest absolute Gasteiger partial charge is 0.338 e. The van der Waals surface area contributed by atoms with Crippen molar-refractivity contribution in [2.45, 2.75) is 38.2 Å². The number of benzene rings is 1. The maximum Gasteiger partial charge on any atom is 0.338 e. The van der Waals surface area contributed by atoms with Crippen molar-refractivity contribution in [3.05, 3.63) is 29.8 Å². The summed E-state index contributed by atoms with van der Waals surface area (Å²) >= 11 is 0. The molecule has 3 nitrogen and oxygen atoms in total. The number of hydrogen-bond donors (Lipinski definition) is 0. The van der Waals surface area contributed by atoms with E-state index in [1.54, 1.807) is 25.3 Å². The van der Waals surface area contributed by atoms with Gasteiger partial charge in [0.2, 0.25) is 0 Å². The van der Waals surface area contributed by atoms with Crippen molar-refractivity contribution >= 4 is 5.97 Å². The summed E-state index contributed by atoms with van der Waals surface area (Å²) in [6, 6.07) is 7.09. The molecule has 3 heteroatoms. The molecule has 0 heterocycles. The summed E-state index contributed by atoms with van der Waals surface area (Å²) in [6.07, 6.45) is 5.67. The first-order valence-electron chi connectivity index (χ1n) is 6.14. The Morgan fingerprint density at radius 2 is 2.00 bits per heavy atom. The second kappa shape index (κ2) is 5.71. The largest absolute Gasteiger partial charge is 0.497 e. The average Bonchev–Trinajstić information content (AvgIpc) is 2.40. The van der Waals surface area contributed by atoms with Gasteiger partial charge in [-0.2, -0.15) is 0 Å². The maximum absolute atomic E-state index is 11.9. The molecule has 1 aromatic carbocycles. The minimum atomic E-state index is -0.240. The summed E-state index contributed by atoms with van der Waals surface area (Å²) < 4.78 is 10.6. The molecular formula is C14H18O3. The van der Waals surface area contributed by atoms with Crippen LogP contribution in [0, 0.1) is 0 Å². The van der Waals surface area contributed by atoms with Crippen LogP contribution in [0.3, 0.4) is 0 Å². The van der Waals surface area contributed by atoms with Crippen molar-refractivity contribution in [2.75, 3.05) is 7.11 Å². The zero-order chi connectivity index (χ0) is 12.1. The van der Waals surface area contributed by atoms with Gasteiger partial charge >= 0.3 is 5.97 Å². The average molecular weight is 234 g/mol. The van der Waals surface area contributed by atoms with Crippen molar-refractivity contribution in [1.82, 2.24) is 0 Å². The van der Waals surface area contributed by atoms with Crippen molar-refractivity contribution in [3.8, 4) is 5.75 Å². The molecule has 0 aromatic heterocycles. The van der Waals surface area contributed by atoms with E-state index in [1.807, 2.05) is 6.07 Å². The zero-order valence-electron chi connectivity index (χ0n) is 10.1. The Labute approximate surface area is 102 Å². The molecule has 1 aromatic rings. The predicted molar refractivity (Wildman–Crippen MR) is 65.3 cm³/mol. The van der Waals surface area contributed by atoms with Gasteiger partial charge in [0, 0.05) is 0 Å². The van der Waals surface area contributed by atoms with Gasteiger partial charge in [0.25, 0.3) is 0 Å². The molecule has 0 radical (unpaired) electrons. The number of hydrogen-bond acceptors (Lipinski definition) is 3. The molecule has 1 aliphatic carbocycles. The van der Waals surface area contributed by atoms with Crippen LogP contribution in [-0.4, -0.2) is 19.2 Å². The topological polar surface area (TPSA) is 35.5 Å².